The van der Waals surface area contributed by atoms with Gasteiger partial charge in [0, 0.05) is 27.2 Å². The number of fused-ring (bicyclic) bond motifs is 3. The number of carbonyl (C=O) groups is 2. The van der Waals surface area contributed by atoms with E-state index in [0.29, 0.717) is 12.2 Å². The van der Waals surface area contributed by atoms with Crippen LogP contribution in [0.15, 0.2) is 34.7 Å². The van der Waals surface area contributed by atoms with Crippen LogP contribution in [0.1, 0.15) is 51.4 Å². The molecule has 0 bridgehead atoms. The third-order valence-corrected chi connectivity index (χ3v) is 8.65. The maximum absolute atomic E-state index is 13.4. The molecule has 1 fully saturated rings. The van der Waals surface area contributed by atoms with Crippen molar-refractivity contribution in [2.24, 2.45) is 0 Å². The highest BCUT2D eigenvalue weighted by Crippen LogP contribution is 2.40. The Hall–Kier alpha value is -2.39. The van der Waals surface area contributed by atoms with Gasteiger partial charge in [-0.25, -0.2) is 12.7 Å². The highest BCUT2D eigenvalue weighted by Gasteiger charge is 2.40. The molecule has 1 saturated heterocycles. The molecule has 1 aliphatic carbocycles. The Balaban J connectivity index is 1.56. The van der Waals surface area contributed by atoms with Crippen LogP contribution < -0.4 is 15.1 Å². The van der Waals surface area contributed by atoms with Gasteiger partial charge in [-0.3, -0.25) is 14.5 Å². The average molecular weight is 475 g/mol. The summed E-state index contributed by atoms with van der Waals surface area (Å²) in [5.41, 5.74) is 2.70. The maximum atomic E-state index is 13.4. The smallest absolute Gasteiger partial charge is 0.250 e. The van der Waals surface area contributed by atoms with E-state index in [4.69, 9.17) is 0 Å². The highest BCUT2D eigenvalue weighted by atomic mass is 32.2. The van der Waals surface area contributed by atoms with Gasteiger partial charge in [-0.2, -0.15) is 0 Å². The van der Waals surface area contributed by atoms with Crippen LogP contribution in [-0.4, -0.2) is 64.3 Å². The summed E-state index contributed by atoms with van der Waals surface area (Å²) in [6, 6.07) is 4.60. The van der Waals surface area contributed by atoms with Crippen LogP contribution in [0.25, 0.3) is 0 Å². The fraction of sp³-hybridized carbons (Fsp3) is 0.583. The van der Waals surface area contributed by atoms with Crippen molar-refractivity contribution in [2.45, 2.75) is 62.3 Å². The third kappa shape index (κ3) is 4.94. The number of piperidine rings is 1. The summed E-state index contributed by atoms with van der Waals surface area (Å²) in [6.45, 7) is 1.18. The summed E-state index contributed by atoms with van der Waals surface area (Å²) in [4.78, 5) is 29.9. The molecule has 2 heterocycles. The van der Waals surface area contributed by atoms with Crippen LogP contribution in [0.3, 0.4) is 0 Å². The first-order valence-corrected chi connectivity index (χ1v) is 13.3. The maximum Gasteiger partial charge on any atom is 0.250 e. The normalized spacial score (nSPS) is 20.9. The van der Waals surface area contributed by atoms with Gasteiger partial charge in [0.15, 0.2) is 0 Å². The Morgan fingerprint density at radius 2 is 1.97 bits per heavy atom. The molecule has 180 valence electrons. The number of nitrogens with zero attached hydrogens (tertiary/aromatic N) is 3. The topological polar surface area (TPSA) is 90.0 Å². The number of nitrogens with one attached hydrogen (secondary N) is 1. The van der Waals surface area contributed by atoms with E-state index in [-0.39, 0.29) is 29.3 Å². The van der Waals surface area contributed by atoms with E-state index in [0.717, 1.165) is 55.1 Å². The minimum atomic E-state index is -3.67. The van der Waals surface area contributed by atoms with Gasteiger partial charge in [0.2, 0.25) is 21.8 Å². The Labute approximate surface area is 196 Å². The fourth-order valence-corrected chi connectivity index (χ4v) is 5.89. The molecular weight excluding hydrogens is 440 g/mol. The molecule has 8 nitrogen and oxygen atoms in total. The fourth-order valence-electron chi connectivity index (χ4n) is 4.97. The SMILES string of the molecule is CN(C)S(=O)(=O)c1ccc2c(c1)N(CC(=O)NCCC1=CCCCC1)C(=O)C1CCCCN21. The van der Waals surface area contributed by atoms with Crippen molar-refractivity contribution in [3.8, 4) is 0 Å². The minimum Gasteiger partial charge on any atom is -0.358 e. The number of sulfonamides is 1. The summed E-state index contributed by atoms with van der Waals surface area (Å²) in [6.07, 6.45) is 10.4. The largest absolute Gasteiger partial charge is 0.358 e. The van der Waals surface area contributed by atoms with Gasteiger partial charge >= 0.3 is 0 Å². The Bertz CT molecular complexity index is 1050. The number of carbonyl (C=O) groups excluding carboxylic acids is 2. The zero-order valence-corrected chi connectivity index (χ0v) is 20.4. The zero-order valence-electron chi connectivity index (χ0n) is 19.5. The average Bonchev–Trinajstić information content (AvgIpc) is 2.82. The van der Waals surface area contributed by atoms with E-state index in [2.05, 4.69) is 16.3 Å². The lowest BCUT2D eigenvalue weighted by molar-refractivity contribution is -0.124. The van der Waals surface area contributed by atoms with E-state index in [1.807, 2.05) is 0 Å². The molecule has 0 saturated carbocycles. The molecule has 33 heavy (non-hydrogen) atoms. The summed E-state index contributed by atoms with van der Waals surface area (Å²) in [7, 11) is -0.706. The van der Waals surface area contributed by atoms with Gasteiger partial charge in [0.1, 0.15) is 12.6 Å². The van der Waals surface area contributed by atoms with Gasteiger partial charge < -0.3 is 10.2 Å². The van der Waals surface area contributed by atoms with E-state index in [9.17, 15) is 18.0 Å². The standard InChI is InChI=1S/C24H34N4O4S/c1-26(2)33(31,32)19-11-12-20-22(16-19)28(24(30)21-10-6-7-15-27(20)21)17-23(29)25-14-13-18-8-4-3-5-9-18/h8,11-12,16,21H,3-7,9-10,13-15,17H2,1-2H3,(H,25,29). The first-order chi connectivity index (χ1) is 15.8. The summed E-state index contributed by atoms with van der Waals surface area (Å²) in [5, 5.41) is 2.95. The van der Waals surface area contributed by atoms with Crippen molar-refractivity contribution >= 4 is 33.2 Å². The van der Waals surface area contributed by atoms with Crippen LogP contribution in [0.2, 0.25) is 0 Å². The van der Waals surface area contributed by atoms with Crippen molar-refractivity contribution in [1.82, 2.24) is 9.62 Å². The molecule has 2 amide bonds. The van der Waals surface area contributed by atoms with Gasteiger partial charge in [-0.1, -0.05) is 11.6 Å². The number of rotatable bonds is 7. The van der Waals surface area contributed by atoms with Crippen molar-refractivity contribution in [3.63, 3.8) is 0 Å². The first-order valence-electron chi connectivity index (χ1n) is 11.9. The number of benzene rings is 1. The summed E-state index contributed by atoms with van der Waals surface area (Å²) >= 11 is 0. The Morgan fingerprint density at radius 1 is 1.15 bits per heavy atom. The molecule has 0 aromatic heterocycles. The molecule has 0 spiro atoms. The van der Waals surface area contributed by atoms with E-state index < -0.39 is 10.0 Å². The second-order valence-corrected chi connectivity index (χ2v) is 11.4. The number of anilines is 2. The lowest BCUT2D eigenvalue weighted by Crippen LogP contribution is -2.57. The van der Waals surface area contributed by atoms with Gasteiger partial charge in [-0.05, 0) is 69.6 Å². The molecular formula is C24H34N4O4S. The molecule has 1 unspecified atom stereocenters. The second-order valence-electron chi connectivity index (χ2n) is 9.28. The number of hydrogen-bond acceptors (Lipinski definition) is 5. The van der Waals surface area contributed by atoms with Crippen LogP contribution in [0.4, 0.5) is 11.4 Å². The lowest BCUT2D eigenvalue weighted by atomic mass is 9.96. The first kappa shape index (κ1) is 23.8. The summed E-state index contributed by atoms with van der Waals surface area (Å²) < 4.78 is 26.6. The highest BCUT2D eigenvalue weighted by molar-refractivity contribution is 7.89. The monoisotopic (exact) mass is 474 g/mol. The zero-order chi connectivity index (χ0) is 23.6. The van der Waals surface area contributed by atoms with Gasteiger partial charge in [-0.15, -0.1) is 0 Å². The van der Waals surface area contributed by atoms with Crippen LogP contribution in [0.5, 0.6) is 0 Å². The summed E-state index contributed by atoms with van der Waals surface area (Å²) in [5.74, 6) is -0.359. The molecule has 1 aromatic carbocycles. The van der Waals surface area contributed by atoms with E-state index >= 15 is 0 Å². The number of hydrogen-bond donors (Lipinski definition) is 1. The molecule has 3 aliphatic rings. The molecule has 4 rings (SSSR count). The Kier molecular flexibility index (Phi) is 7.09. The van der Waals surface area contributed by atoms with Crippen LogP contribution in [-0.2, 0) is 19.6 Å². The van der Waals surface area contributed by atoms with Crippen molar-refractivity contribution in [1.29, 1.82) is 0 Å². The third-order valence-electron chi connectivity index (χ3n) is 6.83. The molecule has 1 N–H and O–H groups in total. The predicted molar refractivity (Wildman–Crippen MR) is 129 cm³/mol. The Morgan fingerprint density at radius 3 is 2.70 bits per heavy atom. The minimum absolute atomic E-state index is 0.110. The van der Waals surface area contributed by atoms with E-state index in [1.54, 1.807) is 12.1 Å². The predicted octanol–water partition coefficient (Wildman–Crippen LogP) is 2.65. The molecule has 0 radical (unpaired) electrons. The van der Waals surface area contributed by atoms with Crippen molar-refractivity contribution in [3.05, 3.63) is 29.8 Å². The quantitative estimate of drug-likeness (QED) is 0.614. The van der Waals surface area contributed by atoms with Crippen LogP contribution >= 0.6 is 0 Å². The van der Waals surface area contributed by atoms with Crippen LogP contribution in [0, 0.1) is 0 Å². The molecule has 9 heteroatoms. The molecule has 2 aliphatic heterocycles. The van der Waals surface area contributed by atoms with Crippen molar-refractivity contribution in [2.75, 3.05) is 43.5 Å². The second kappa shape index (κ2) is 9.85. The molecule has 1 aromatic rings. The van der Waals surface area contributed by atoms with Gasteiger partial charge in [0.05, 0.1) is 16.3 Å². The van der Waals surface area contributed by atoms with Crippen molar-refractivity contribution < 1.29 is 18.0 Å². The lowest BCUT2D eigenvalue weighted by Gasteiger charge is -2.45. The number of amides is 2. The number of allylic oxidation sites excluding steroid dienone is 1. The van der Waals surface area contributed by atoms with E-state index in [1.165, 1.54) is 43.5 Å². The molecule has 1 atom stereocenters. The van der Waals surface area contributed by atoms with Gasteiger partial charge in [0.25, 0.3) is 0 Å².